The molecule has 2 aliphatic rings. The lowest BCUT2D eigenvalue weighted by atomic mass is 10.0. The summed E-state index contributed by atoms with van der Waals surface area (Å²) in [5, 5.41) is 17.8. The monoisotopic (exact) mass is 450 g/mol. The van der Waals surface area contributed by atoms with Crippen LogP contribution >= 0.6 is 0 Å². The Bertz CT molecular complexity index is 1200. The Balaban J connectivity index is 1.48. The fourth-order valence-electron chi connectivity index (χ4n) is 3.92. The summed E-state index contributed by atoms with van der Waals surface area (Å²) in [5.41, 5.74) is -0.358. The minimum atomic E-state index is -1.31. The first-order chi connectivity index (χ1) is 15.3. The van der Waals surface area contributed by atoms with Crippen LogP contribution in [0.2, 0.25) is 0 Å². The molecule has 5 rings (SSSR count). The van der Waals surface area contributed by atoms with Gasteiger partial charge in [-0.05, 0) is 30.7 Å². The Morgan fingerprint density at radius 2 is 1.97 bits per heavy atom. The fourth-order valence-corrected chi connectivity index (χ4v) is 3.92. The lowest BCUT2D eigenvalue weighted by molar-refractivity contribution is 0.241. The van der Waals surface area contributed by atoms with E-state index in [9.17, 15) is 27.5 Å². The zero-order valence-electron chi connectivity index (χ0n) is 16.5. The number of aliphatic hydroxyl groups is 1. The first-order valence-electron chi connectivity index (χ1n) is 9.96. The van der Waals surface area contributed by atoms with Gasteiger partial charge in [0.1, 0.15) is 29.3 Å². The molecular formula is C20H18F4N6O2. The van der Waals surface area contributed by atoms with Gasteiger partial charge < -0.3 is 20.6 Å². The number of carbonyl (C=O) groups is 1. The number of benzene rings is 1. The van der Waals surface area contributed by atoms with E-state index in [2.05, 4.69) is 20.7 Å². The number of urea groups is 1. The lowest BCUT2D eigenvalue weighted by Crippen LogP contribution is -2.32. The second-order valence-electron chi connectivity index (χ2n) is 7.89. The van der Waals surface area contributed by atoms with Crippen molar-refractivity contribution >= 4 is 23.2 Å². The normalized spacial score (nSPS) is 24.7. The number of rotatable bonds is 4. The van der Waals surface area contributed by atoms with Crippen molar-refractivity contribution in [3.63, 3.8) is 0 Å². The summed E-state index contributed by atoms with van der Waals surface area (Å²) in [5.74, 6) is -2.12. The van der Waals surface area contributed by atoms with E-state index < -0.39 is 48.0 Å². The molecular weight excluding hydrogens is 432 g/mol. The third-order valence-electron chi connectivity index (χ3n) is 5.60. The minimum Gasteiger partial charge on any atom is -0.391 e. The molecule has 1 aromatic carbocycles. The van der Waals surface area contributed by atoms with Gasteiger partial charge in [-0.15, -0.1) is 5.10 Å². The Morgan fingerprint density at radius 3 is 2.72 bits per heavy atom. The molecule has 3 heterocycles. The van der Waals surface area contributed by atoms with E-state index in [1.54, 1.807) is 0 Å². The van der Waals surface area contributed by atoms with Gasteiger partial charge >= 0.3 is 6.03 Å². The number of hydrogen-bond acceptors (Lipinski definition) is 5. The topological polar surface area (TPSA) is 94.8 Å². The van der Waals surface area contributed by atoms with E-state index in [1.807, 2.05) is 0 Å². The standard InChI is InChI=1S/C20H18F4N6O2/c21-9-1-2-12(23)11(5-9)14-6-10(22)8-29(14)16-3-4-30-19(26-16)17(18(24)28-30)27-20(32)25-13-7-15(13)31/h1-5,10,13-15,31H,6-8H2,(H2,25,27,32)/t10-,13+,14+,15+/m0/s1. The second-order valence-corrected chi connectivity index (χ2v) is 7.89. The van der Waals surface area contributed by atoms with Crippen LogP contribution in [0.5, 0.6) is 0 Å². The molecule has 0 spiro atoms. The number of anilines is 2. The molecule has 1 aliphatic carbocycles. The maximum Gasteiger partial charge on any atom is 0.319 e. The first kappa shape index (κ1) is 20.5. The Morgan fingerprint density at radius 1 is 1.19 bits per heavy atom. The third-order valence-corrected chi connectivity index (χ3v) is 5.60. The molecule has 2 fully saturated rings. The predicted octanol–water partition coefficient (Wildman–Crippen LogP) is 2.69. The Kier molecular flexibility index (Phi) is 4.88. The van der Waals surface area contributed by atoms with Crippen LogP contribution in [-0.2, 0) is 0 Å². The smallest absolute Gasteiger partial charge is 0.319 e. The van der Waals surface area contributed by atoms with Gasteiger partial charge in [0.25, 0.3) is 5.95 Å². The summed E-state index contributed by atoms with van der Waals surface area (Å²) in [6.45, 7) is -0.122. The molecule has 8 nitrogen and oxygen atoms in total. The van der Waals surface area contributed by atoms with Gasteiger partial charge in [-0.3, -0.25) is 0 Å². The zero-order valence-corrected chi connectivity index (χ0v) is 16.5. The molecule has 168 valence electrons. The van der Waals surface area contributed by atoms with E-state index in [0.29, 0.717) is 6.42 Å². The van der Waals surface area contributed by atoms with Crippen LogP contribution in [0.25, 0.3) is 5.65 Å². The second kappa shape index (κ2) is 7.62. The summed E-state index contributed by atoms with van der Waals surface area (Å²) in [6.07, 6.45) is -0.236. The summed E-state index contributed by atoms with van der Waals surface area (Å²) in [7, 11) is 0. The fraction of sp³-hybridized carbons (Fsp3) is 0.350. The van der Waals surface area contributed by atoms with Crippen molar-refractivity contribution in [2.75, 3.05) is 16.8 Å². The highest BCUT2D eigenvalue weighted by molar-refractivity contribution is 5.93. The number of amides is 2. The molecule has 1 saturated carbocycles. The summed E-state index contributed by atoms with van der Waals surface area (Å²) in [6, 6.07) is 2.47. The summed E-state index contributed by atoms with van der Waals surface area (Å²) in [4.78, 5) is 17.9. The van der Waals surface area contributed by atoms with Gasteiger partial charge in [-0.25, -0.2) is 27.5 Å². The van der Waals surface area contributed by atoms with Crippen molar-refractivity contribution in [1.82, 2.24) is 19.9 Å². The van der Waals surface area contributed by atoms with Crippen LogP contribution in [0.3, 0.4) is 0 Å². The maximum absolute atomic E-state index is 14.4. The molecule has 1 aliphatic heterocycles. The van der Waals surface area contributed by atoms with Crippen LogP contribution in [0.1, 0.15) is 24.4 Å². The number of fused-ring (bicyclic) bond motifs is 1. The average molecular weight is 450 g/mol. The minimum absolute atomic E-state index is 0.00720. The van der Waals surface area contributed by atoms with E-state index >= 15 is 0 Å². The molecule has 2 aromatic heterocycles. The molecule has 1 saturated heterocycles. The lowest BCUT2D eigenvalue weighted by Gasteiger charge is -2.26. The van der Waals surface area contributed by atoms with Gasteiger partial charge in [0.05, 0.1) is 24.7 Å². The van der Waals surface area contributed by atoms with E-state index in [4.69, 9.17) is 0 Å². The van der Waals surface area contributed by atoms with Crippen molar-refractivity contribution in [3.05, 3.63) is 53.6 Å². The van der Waals surface area contributed by atoms with Gasteiger partial charge in [-0.2, -0.15) is 4.39 Å². The average Bonchev–Trinajstić information content (AvgIpc) is 3.15. The maximum atomic E-state index is 14.4. The van der Waals surface area contributed by atoms with E-state index in [-0.39, 0.29) is 35.7 Å². The van der Waals surface area contributed by atoms with Crippen LogP contribution in [0.15, 0.2) is 30.5 Å². The van der Waals surface area contributed by atoms with Crippen molar-refractivity contribution in [2.24, 2.45) is 0 Å². The molecule has 0 radical (unpaired) electrons. The highest BCUT2D eigenvalue weighted by atomic mass is 19.1. The van der Waals surface area contributed by atoms with Gasteiger partial charge in [-0.1, -0.05) is 0 Å². The first-order valence-corrected chi connectivity index (χ1v) is 9.96. The zero-order chi connectivity index (χ0) is 22.6. The van der Waals surface area contributed by atoms with Gasteiger partial charge in [0.2, 0.25) is 0 Å². The number of carbonyl (C=O) groups excluding carboxylic acids is 1. The van der Waals surface area contributed by atoms with Crippen LogP contribution in [0, 0.1) is 17.6 Å². The van der Waals surface area contributed by atoms with Crippen LogP contribution in [-0.4, -0.2) is 50.6 Å². The van der Waals surface area contributed by atoms with Crippen molar-refractivity contribution in [2.45, 2.75) is 37.2 Å². The predicted molar refractivity (Wildman–Crippen MR) is 105 cm³/mol. The summed E-state index contributed by atoms with van der Waals surface area (Å²) < 4.78 is 57.9. The van der Waals surface area contributed by atoms with Crippen LogP contribution < -0.4 is 15.5 Å². The van der Waals surface area contributed by atoms with Gasteiger partial charge in [0.15, 0.2) is 5.65 Å². The van der Waals surface area contributed by atoms with Crippen molar-refractivity contribution in [3.8, 4) is 0 Å². The SMILES string of the molecule is O=C(Nc1c(F)nn2ccc(N3C[C@@H](F)C[C@@H]3c3cc(F)ccc3F)nc12)N[C@@H]1C[C@H]1O. The number of aliphatic hydroxyl groups excluding tert-OH is 1. The molecule has 3 N–H and O–H groups in total. The number of nitrogens with zero attached hydrogens (tertiary/aromatic N) is 4. The number of hydrogen-bond donors (Lipinski definition) is 3. The van der Waals surface area contributed by atoms with Gasteiger partial charge in [0, 0.05) is 18.2 Å². The number of alkyl halides is 1. The van der Waals surface area contributed by atoms with E-state index in [0.717, 1.165) is 22.7 Å². The molecule has 0 bridgehead atoms. The molecule has 12 heteroatoms. The highest BCUT2D eigenvalue weighted by Crippen LogP contribution is 2.38. The van der Waals surface area contributed by atoms with E-state index in [1.165, 1.54) is 17.2 Å². The number of nitrogens with one attached hydrogen (secondary N) is 2. The Labute approximate surface area is 178 Å². The van der Waals surface area contributed by atoms with Crippen LogP contribution in [0.4, 0.5) is 33.9 Å². The highest BCUT2D eigenvalue weighted by Gasteiger charge is 2.38. The summed E-state index contributed by atoms with van der Waals surface area (Å²) >= 11 is 0. The quantitative estimate of drug-likeness (QED) is 0.532. The molecule has 2 amide bonds. The number of halogens is 4. The molecule has 0 unspecified atom stereocenters. The van der Waals surface area contributed by atoms with Crippen molar-refractivity contribution < 1.29 is 27.5 Å². The largest absolute Gasteiger partial charge is 0.391 e. The molecule has 32 heavy (non-hydrogen) atoms. The van der Waals surface area contributed by atoms with Crippen molar-refractivity contribution in [1.29, 1.82) is 0 Å². The molecule has 4 atom stereocenters. The molecule has 3 aromatic rings. The third kappa shape index (κ3) is 3.70. The number of aromatic nitrogens is 3. The Hall–Kier alpha value is -3.41.